The number of carbonyl (C=O) groups excluding carboxylic acids is 1. The molecule has 2 heterocycles. The van der Waals surface area contributed by atoms with Gasteiger partial charge in [-0.1, -0.05) is 18.5 Å². The number of aromatic nitrogens is 1. The van der Waals surface area contributed by atoms with Gasteiger partial charge in [-0.15, -0.1) is 0 Å². The summed E-state index contributed by atoms with van der Waals surface area (Å²) in [6, 6.07) is 9.49. The molecule has 1 N–H and O–H groups in total. The minimum absolute atomic E-state index is 0.0181. The molecular weight excluding hydrogens is 360 g/mol. The van der Waals surface area contributed by atoms with E-state index in [9.17, 15) is 4.79 Å². The highest BCUT2D eigenvalue weighted by Crippen LogP contribution is 2.49. The molecule has 1 saturated carbocycles. The Labute approximate surface area is 165 Å². The molecule has 142 valence electrons. The van der Waals surface area contributed by atoms with Gasteiger partial charge in [0.25, 0.3) is 0 Å². The number of benzene rings is 1. The maximum Gasteiger partial charge on any atom is 0.227 e. The zero-order valence-electron chi connectivity index (χ0n) is 15.8. The van der Waals surface area contributed by atoms with Crippen molar-refractivity contribution in [3.05, 3.63) is 52.7 Å². The Morgan fingerprint density at radius 2 is 2.00 bits per heavy atom. The number of anilines is 1. The summed E-state index contributed by atoms with van der Waals surface area (Å²) >= 11 is 5.91. The molecule has 4 nitrogen and oxygen atoms in total. The molecule has 0 bridgehead atoms. The lowest BCUT2D eigenvalue weighted by Crippen LogP contribution is -2.37. The van der Waals surface area contributed by atoms with Crippen LogP contribution in [0.25, 0.3) is 0 Å². The third-order valence-corrected chi connectivity index (χ3v) is 6.52. The highest BCUT2D eigenvalue weighted by atomic mass is 35.5. The number of nitrogens with zero attached hydrogens (tertiary/aromatic N) is 1. The average molecular weight is 385 g/mol. The van der Waals surface area contributed by atoms with Crippen LogP contribution in [-0.2, 0) is 10.2 Å². The molecule has 0 saturated heterocycles. The quantitative estimate of drug-likeness (QED) is 0.797. The number of fused-ring (bicyclic) bond motifs is 2. The minimum atomic E-state index is -0.0181. The van der Waals surface area contributed by atoms with E-state index in [1.165, 1.54) is 11.1 Å². The molecule has 1 fully saturated rings. The molecule has 1 aromatic heterocycles. The number of carbonyl (C=O) groups is 1. The summed E-state index contributed by atoms with van der Waals surface area (Å²) in [4.78, 5) is 17.1. The van der Waals surface area contributed by atoms with Gasteiger partial charge >= 0.3 is 0 Å². The van der Waals surface area contributed by atoms with Crippen molar-refractivity contribution in [2.75, 3.05) is 11.9 Å². The fourth-order valence-electron chi connectivity index (χ4n) is 4.45. The number of ether oxygens (including phenoxy) is 1. The number of hydrogen-bond donors (Lipinski definition) is 1. The number of aryl methyl sites for hydroxylation is 1. The van der Waals surface area contributed by atoms with Gasteiger partial charge in [0.1, 0.15) is 0 Å². The number of hydrogen-bond acceptors (Lipinski definition) is 3. The first kappa shape index (κ1) is 18.3. The van der Waals surface area contributed by atoms with Crippen LogP contribution in [0.3, 0.4) is 0 Å². The first-order chi connectivity index (χ1) is 13.0. The lowest BCUT2D eigenvalue weighted by atomic mass is 9.65. The third-order valence-electron chi connectivity index (χ3n) is 6.26. The average Bonchev–Trinajstić information content (AvgIpc) is 3.01. The predicted octanol–water partition coefficient (Wildman–Crippen LogP) is 5.14. The summed E-state index contributed by atoms with van der Waals surface area (Å²) < 4.78 is 5.88. The van der Waals surface area contributed by atoms with Crippen molar-refractivity contribution in [1.29, 1.82) is 0 Å². The van der Waals surface area contributed by atoms with E-state index in [4.69, 9.17) is 16.3 Å². The van der Waals surface area contributed by atoms with Crippen LogP contribution < -0.4 is 10.1 Å². The zero-order valence-corrected chi connectivity index (χ0v) is 16.6. The molecule has 1 aliphatic heterocycles. The van der Waals surface area contributed by atoms with Gasteiger partial charge < -0.3 is 10.1 Å². The molecule has 0 radical (unpaired) electrons. The van der Waals surface area contributed by atoms with Crippen molar-refractivity contribution in [3.8, 4) is 5.88 Å². The number of pyridine rings is 1. The van der Waals surface area contributed by atoms with Crippen LogP contribution in [0.4, 0.5) is 5.69 Å². The summed E-state index contributed by atoms with van der Waals surface area (Å²) in [7, 11) is 0. The molecule has 2 aromatic rings. The van der Waals surface area contributed by atoms with E-state index in [-0.39, 0.29) is 17.2 Å². The Kier molecular flexibility index (Phi) is 4.85. The molecular formula is C22H25ClN2O2. The Balaban J connectivity index is 1.40. The second-order valence-corrected chi connectivity index (χ2v) is 8.49. The predicted molar refractivity (Wildman–Crippen MR) is 107 cm³/mol. The number of nitrogens with one attached hydrogen (secondary N) is 1. The minimum Gasteiger partial charge on any atom is -0.476 e. The second-order valence-electron chi connectivity index (χ2n) is 8.06. The topological polar surface area (TPSA) is 51.2 Å². The van der Waals surface area contributed by atoms with Gasteiger partial charge in [-0.05, 0) is 74.4 Å². The zero-order chi connectivity index (χ0) is 19.0. The Hall–Kier alpha value is -2.07. The van der Waals surface area contributed by atoms with E-state index in [0.29, 0.717) is 10.9 Å². The Bertz CT molecular complexity index is 842. The van der Waals surface area contributed by atoms with Crippen molar-refractivity contribution < 1.29 is 9.53 Å². The normalized spacial score (nSPS) is 24.9. The van der Waals surface area contributed by atoms with Crippen molar-refractivity contribution in [2.24, 2.45) is 11.8 Å². The number of amides is 1. The van der Waals surface area contributed by atoms with Crippen LogP contribution in [0.1, 0.15) is 43.7 Å². The first-order valence-electron chi connectivity index (χ1n) is 9.63. The van der Waals surface area contributed by atoms with Gasteiger partial charge in [0.2, 0.25) is 11.8 Å². The highest BCUT2D eigenvalue weighted by molar-refractivity contribution is 6.30. The molecule has 4 rings (SSSR count). The Morgan fingerprint density at radius 3 is 2.70 bits per heavy atom. The monoisotopic (exact) mass is 384 g/mol. The van der Waals surface area contributed by atoms with Gasteiger partial charge in [0.15, 0.2) is 0 Å². The molecule has 27 heavy (non-hydrogen) atoms. The van der Waals surface area contributed by atoms with E-state index < -0.39 is 0 Å². The molecule has 1 unspecified atom stereocenters. The SMILES string of the molecule is Cc1cnc2c(c1)C1(CCC(C(C)C(=O)Nc3ccc(Cl)cc3)CC1)CO2. The van der Waals surface area contributed by atoms with Gasteiger partial charge in [0.05, 0.1) is 6.61 Å². The van der Waals surface area contributed by atoms with Crippen molar-refractivity contribution >= 4 is 23.2 Å². The number of rotatable bonds is 3. The third kappa shape index (κ3) is 3.55. The fourth-order valence-corrected chi connectivity index (χ4v) is 4.57. The largest absolute Gasteiger partial charge is 0.476 e. The summed E-state index contributed by atoms with van der Waals surface area (Å²) in [6.07, 6.45) is 6.03. The van der Waals surface area contributed by atoms with Crippen LogP contribution in [-0.4, -0.2) is 17.5 Å². The van der Waals surface area contributed by atoms with E-state index in [1.807, 2.05) is 25.3 Å². The molecule has 1 amide bonds. The number of halogens is 1. The van der Waals surface area contributed by atoms with Crippen LogP contribution in [0.5, 0.6) is 5.88 Å². The van der Waals surface area contributed by atoms with E-state index in [0.717, 1.165) is 43.9 Å². The van der Waals surface area contributed by atoms with E-state index >= 15 is 0 Å². The molecule has 1 aromatic carbocycles. The standard InChI is InChI=1S/C22H25ClN2O2/c1-14-11-19-21(24-12-14)27-13-22(19)9-7-16(8-10-22)15(2)20(26)25-18-5-3-17(23)4-6-18/h3-6,11-12,15-16H,7-10,13H2,1-2H3,(H,25,26). The van der Waals surface area contributed by atoms with E-state index in [1.54, 1.807) is 12.1 Å². The van der Waals surface area contributed by atoms with Crippen molar-refractivity contribution in [3.63, 3.8) is 0 Å². The van der Waals surface area contributed by atoms with Crippen LogP contribution in [0, 0.1) is 18.8 Å². The van der Waals surface area contributed by atoms with Gasteiger partial charge in [-0.25, -0.2) is 4.98 Å². The van der Waals surface area contributed by atoms with Crippen molar-refractivity contribution in [1.82, 2.24) is 4.98 Å². The maximum atomic E-state index is 12.7. The lowest BCUT2D eigenvalue weighted by molar-refractivity contribution is -0.121. The highest BCUT2D eigenvalue weighted by Gasteiger charge is 2.45. The Morgan fingerprint density at radius 1 is 1.30 bits per heavy atom. The summed E-state index contributed by atoms with van der Waals surface area (Å²) in [5.41, 5.74) is 3.32. The molecule has 1 atom stereocenters. The second kappa shape index (κ2) is 7.16. The van der Waals surface area contributed by atoms with Crippen molar-refractivity contribution in [2.45, 2.75) is 44.9 Å². The van der Waals surface area contributed by atoms with Crippen LogP contribution in [0.2, 0.25) is 5.02 Å². The maximum absolute atomic E-state index is 12.7. The van der Waals surface area contributed by atoms with Crippen LogP contribution in [0.15, 0.2) is 36.5 Å². The lowest BCUT2D eigenvalue weighted by Gasteiger charge is -2.38. The summed E-state index contributed by atoms with van der Waals surface area (Å²) in [5, 5.41) is 3.69. The smallest absolute Gasteiger partial charge is 0.227 e. The molecule has 1 spiro atoms. The summed E-state index contributed by atoms with van der Waals surface area (Å²) in [6.45, 7) is 4.84. The van der Waals surface area contributed by atoms with E-state index in [2.05, 4.69) is 23.3 Å². The first-order valence-corrected chi connectivity index (χ1v) is 10.0. The molecule has 5 heteroatoms. The molecule has 2 aliphatic rings. The fraction of sp³-hybridized carbons (Fsp3) is 0.455. The molecule has 1 aliphatic carbocycles. The van der Waals surface area contributed by atoms with Gasteiger partial charge in [-0.2, -0.15) is 0 Å². The van der Waals surface area contributed by atoms with Gasteiger partial charge in [-0.3, -0.25) is 4.79 Å². The van der Waals surface area contributed by atoms with Crippen LogP contribution >= 0.6 is 11.6 Å². The van der Waals surface area contributed by atoms with Gasteiger partial charge in [0, 0.05) is 33.8 Å². The summed E-state index contributed by atoms with van der Waals surface area (Å²) in [5.74, 6) is 1.26.